The van der Waals surface area contributed by atoms with Crippen molar-refractivity contribution in [3.63, 3.8) is 0 Å². The van der Waals surface area contributed by atoms with E-state index in [2.05, 4.69) is 0 Å². The summed E-state index contributed by atoms with van der Waals surface area (Å²) in [6.45, 7) is 2.42. The molecule has 0 atom stereocenters. The van der Waals surface area contributed by atoms with Gasteiger partial charge in [-0.25, -0.2) is 4.79 Å². The van der Waals surface area contributed by atoms with E-state index in [1.807, 2.05) is 37.3 Å². The van der Waals surface area contributed by atoms with Crippen LogP contribution in [0.2, 0.25) is 0 Å². The Morgan fingerprint density at radius 3 is 2.59 bits per heavy atom. The molecule has 1 aromatic carbocycles. The zero-order valence-corrected chi connectivity index (χ0v) is 9.76. The van der Waals surface area contributed by atoms with Crippen molar-refractivity contribution < 1.29 is 19.4 Å². The number of carbonyl (C=O) groups is 1. The van der Waals surface area contributed by atoms with Crippen molar-refractivity contribution in [1.82, 2.24) is 0 Å². The van der Waals surface area contributed by atoms with Gasteiger partial charge in [-0.05, 0) is 12.0 Å². The van der Waals surface area contributed by atoms with Gasteiger partial charge >= 0.3 is 5.97 Å². The average molecular weight is 236 g/mol. The molecular formula is C13H16O4. The van der Waals surface area contributed by atoms with E-state index in [1.165, 1.54) is 0 Å². The standard InChI is InChI=1S/C13H16O4/c1-2-8-16-13(15)12(9-14)17-10-11-6-4-3-5-7-11/h3-7,9,14H,2,8,10H2,1H3. The Hall–Kier alpha value is -1.97. The number of ether oxygens (including phenoxy) is 2. The Morgan fingerprint density at radius 2 is 2.00 bits per heavy atom. The molecule has 1 aromatic rings. The molecule has 0 aromatic heterocycles. The predicted octanol–water partition coefficient (Wildman–Crippen LogP) is 2.56. The lowest BCUT2D eigenvalue weighted by Gasteiger charge is -2.08. The minimum atomic E-state index is -0.648. The molecule has 0 aliphatic carbocycles. The fourth-order valence-corrected chi connectivity index (χ4v) is 1.15. The van der Waals surface area contributed by atoms with Crippen molar-refractivity contribution in [2.45, 2.75) is 20.0 Å². The summed E-state index contributed by atoms with van der Waals surface area (Å²) in [6, 6.07) is 9.37. The number of benzene rings is 1. The molecule has 1 rings (SSSR count). The zero-order chi connectivity index (χ0) is 12.5. The molecule has 0 unspecified atom stereocenters. The minimum Gasteiger partial charge on any atom is -0.511 e. The SMILES string of the molecule is CCCOC(=O)C(=CO)OCc1ccccc1. The Labute approximate surface area is 100 Å². The number of hydrogen-bond acceptors (Lipinski definition) is 4. The van der Waals surface area contributed by atoms with Crippen LogP contribution in [0, 0.1) is 0 Å². The van der Waals surface area contributed by atoms with E-state index in [0.717, 1.165) is 12.0 Å². The summed E-state index contributed by atoms with van der Waals surface area (Å²) in [5, 5.41) is 8.89. The van der Waals surface area contributed by atoms with Gasteiger partial charge in [0.05, 0.1) is 6.61 Å². The zero-order valence-electron chi connectivity index (χ0n) is 9.76. The van der Waals surface area contributed by atoms with Crippen molar-refractivity contribution in [2.24, 2.45) is 0 Å². The predicted molar refractivity (Wildman–Crippen MR) is 63.2 cm³/mol. The summed E-state index contributed by atoms with van der Waals surface area (Å²) in [6.07, 6.45) is 1.35. The third-order valence-electron chi connectivity index (χ3n) is 1.99. The van der Waals surface area contributed by atoms with Crippen molar-refractivity contribution in [3.8, 4) is 0 Å². The molecule has 4 heteroatoms. The molecule has 0 fully saturated rings. The average Bonchev–Trinajstić information content (AvgIpc) is 2.38. The highest BCUT2D eigenvalue weighted by molar-refractivity contribution is 5.85. The van der Waals surface area contributed by atoms with Gasteiger partial charge in [-0.3, -0.25) is 0 Å². The van der Waals surface area contributed by atoms with Gasteiger partial charge in [-0.1, -0.05) is 37.3 Å². The smallest absolute Gasteiger partial charge is 0.376 e. The Balaban J connectivity index is 2.46. The lowest BCUT2D eigenvalue weighted by Crippen LogP contribution is -2.11. The number of esters is 1. The van der Waals surface area contributed by atoms with Crippen molar-refractivity contribution in [2.75, 3.05) is 6.61 Å². The van der Waals surface area contributed by atoms with Gasteiger partial charge in [0.15, 0.2) is 0 Å². The first-order valence-corrected chi connectivity index (χ1v) is 5.46. The monoisotopic (exact) mass is 236 g/mol. The summed E-state index contributed by atoms with van der Waals surface area (Å²) in [5.74, 6) is -0.826. The van der Waals surface area contributed by atoms with E-state index in [0.29, 0.717) is 12.9 Å². The molecule has 17 heavy (non-hydrogen) atoms. The Kier molecular flexibility index (Phi) is 5.64. The van der Waals surface area contributed by atoms with E-state index in [1.54, 1.807) is 0 Å². The van der Waals surface area contributed by atoms with Crippen molar-refractivity contribution in [3.05, 3.63) is 47.9 Å². The van der Waals surface area contributed by atoms with Crippen LogP contribution >= 0.6 is 0 Å². The number of carbonyl (C=O) groups excluding carboxylic acids is 1. The maximum Gasteiger partial charge on any atom is 0.376 e. The molecular weight excluding hydrogens is 220 g/mol. The highest BCUT2D eigenvalue weighted by atomic mass is 16.6. The van der Waals surface area contributed by atoms with Crippen molar-refractivity contribution >= 4 is 5.97 Å². The quantitative estimate of drug-likeness (QED) is 0.468. The first-order valence-electron chi connectivity index (χ1n) is 5.46. The summed E-state index contributed by atoms with van der Waals surface area (Å²) in [7, 11) is 0. The van der Waals surface area contributed by atoms with Crippen LogP contribution in [0.25, 0.3) is 0 Å². The van der Waals surface area contributed by atoms with Gasteiger partial charge in [-0.2, -0.15) is 0 Å². The van der Waals surface area contributed by atoms with Gasteiger partial charge in [0.1, 0.15) is 12.9 Å². The maximum atomic E-state index is 11.4. The van der Waals surface area contributed by atoms with Crippen LogP contribution in [-0.2, 0) is 20.9 Å². The van der Waals surface area contributed by atoms with Gasteiger partial charge in [0.2, 0.25) is 5.76 Å². The number of aliphatic hydroxyl groups is 1. The summed E-state index contributed by atoms with van der Waals surface area (Å²) < 4.78 is 10.0. The van der Waals surface area contributed by atoms with Crippen LogP contribution in [0.15, 0.2) is 42.4 Å². The largest absolute Gasteiger partial charge is 0.511 e. The molecule has 0 saturated carbocycles. The minimum absolute atomic E-state index is 0.178. The second-order valence-corrected chi connectivity index (χ2v) is 3.40. The van der Waals surface area contributed by atoms with Gasteiger partial charge in [0.25, 0.3) is 0 Å². The van der Waals surface area contributed by atoms with Crippen molar-refractivity contribution in [1.29, 1.82) is 0 Å². The highest BCUT2D eigenvalue weighted by Gasteiger charge is 2.12. The van der Waals surface area contributed by atoms with Crippen LogP contribution in [0.4, 0.5) is 0 Å². The molecule has 0 bridgehead atoms. The normalized spacial score (nSPS) is 11.0. The Morgan fingerprint density at radius 1 is 1.29 bits per heavy atom. The maximum absolute atomic E-state index is 11.4. The van der Waals surface area contributed by atoms with E-state index < -0.39 is 5.97 Å². The summed E-state index contributed by atoms with van der Waals surface area (Å²) in [5.41, 5.74) is 0.912. The second-order valence-electron chi connectivity index (χ2n) is 3.40. The van der Waals surface area contributed by atoms with Crippen LogP contribution in [0.3, 0.4) is 0 Å². The lowest BCUT2D eigenvalue weighted by atomic mass is 10.2. The molecule has 1 N–H and O–H groups in total. The van der Waals surface area contributed by atoms with Gasteiger partial charge in [0, 0.05) is 0 Å². The van der Waals surface area contributed by atoms with Crippen LogP contribution in [0.5, 0.6) is 0 Å². The van der Waals surface area contributed by atoms with E-state index in [4.69, 9.17) is 14.6 Å². The number of hydrogen-bond donors (Lipinski definition) is 1. The summed E-state index contributed by atoms with van der Waals surface area (Å²) >= 11 is 0. The lowest BCUT2D eigenvalue weighted by molar-refractivity contribution is -0.143. The second kappa shape index (κ2) is 7.33. The molecule has 0 aliphatic heterocycles. The molecule has 0 aliphatic rings. The first-order chi connectivity index (χ1) is 8.27. The summed E-state index contributed by atoms with van der Waals surface area (Å²) in [4.78, 5) is 11.4. The van der Waals surface area contributed by atoms with Gasteiger partial charge in [-0.15, -0.1) is 0 Å². The molecule has 0 spiro atoms. The molecule has 0 heterocycles. The molecule has 0 saturated heterocycles. The molecule has 0 amide bonds. The first kappa shape index (κ1) is 13.1. The van der Waals surface area contributed by atoms with E-state index >= 15 is 0 Å². The number of rotatable bonds is 6. The van der Waals surface area contributed by atoms with Crippen LogP contribution in [0.1, 0.15) is 18.9 Å². The highest BCUT2D eigenvalue weighted by Crippen LogP contribution is 2.07. The third kappa shape index (κ3) is 4.59. The topological polar surface area (TPSA) is 55.8 Å². The van der Waals surface area contributed by atoms with E-state index in [-0.39, 0.29) is 12.4 Å². The fraction of sp³-hybridized carbons (Fsp3) is 0.308. The molecule has 0 radical (unpaired) electrons. The van der Waals surface area contributed by atoms with Crippen LogP contribution in [-0.4, -0.2) is 17.7 Å². The third-order valence-corrected chi connectivity index (χ3v) is 1.99. The fourth-order valence-electron chi connectivity index (χ4n) is 1.15. The molecule has 92 valence electrons. The Bertz CT molecular complexity index is 370. The van der Waals surface area contributed by atoms with Gasteiger partial charge < -0.3 is 14.6 Å². The van der Waals surface area contributed by atoms with Crippen LogP contribution < -0.4 is 0 Å². The van der Waals surface area contributed by atoms with E-state index in [9.17, 15) is 4.79 Å². The molecule has 4 nitrogen and oxygen atoms in total. The number of aliphatic hydroxyl groups excluding tert-OH is 1.